The number of hydrogen-bond acceptors (Lipinski definition) is 4. The fraction of sp³-hybridized carbons (Fsp3) is 0. The number of aromatic nitrogens is 1. The third kappa shape index (κ3) is 4.89. The number of aromatic carboxylic acids is 1. The van der Waals surface area contributed by atoms with E-state index in [-0.39, 0.29) is 52.1 Å². The van der Waals surface area contributed by atoms with Crippen LogP contribution in [0, 0.1) is 0 Å². The van der Waals surface area contributed by atoms with Gasteiger partial charge in [0, 0.05) is 18.0 Å². The van der Waals surface area contributed by atoms with Gasteiger partial charge in [-0.2, -0.15) is 0 Å². The van der Waals surface area contributed by atoms with Gasteiger partial charge in [-0.3, -0.25) is 9.78 Å². The van der Waals surface area contributed by atoms with E-state index in [2.05, 4.69) is 10.3 Å². The van der Waals surface area contributed by atoms with Gasteiger partial charge < -0.3 is 15.5 Å². The van der Waals surface area contributed by atoms with E-state index in [1.165, 1.54) is 12.1 Å². The topological polar surface area (TPSA) is 99.5 Å². The van der Waals surface area contributed by atoms with Crippen LogP contribution in [-0.4, -0.2) is 56.6 Å². The van der Waals surface area contributed by atoms with E-state index in [0.717, 1.165) is 11.1 Å². The first-order valence-corrected chi connectivity index (χ1v) is 9.51. The van der Waals surface area contributed by atoms with Gasteiger partial charge in [0.15, 0.2) is 0 Å². The molecule has 0 aliphatic carbocycles. The molecule has 0 aliphatic heterocycles. The van der Waals surface area contributed by atoms with Crippen LogP contribution in [0.4, 0.5) is 5.69 Å². The molecule has 154 valence electrons. The van der Waals surface area contributed by atoms with E-state index in [4.69, 9.17) is 0 Å². The van der Waals surface area contributed by atoms with E-state index in [9.17, 15) is 19.8 Å². The van der Waals surface area contributed by atoms with Crippen molar-refractivity contribution in [1.29, 1.82) is 0 Å². The molecular weight excluding hydrogens is 415 g/mol. The number of carboxylic acids is 1. The molecule has 3 aromatic carbocycles. The number of amides is 1. The Labute approximate surface area is 206 Å². The molecule has 0 unspecified atom stereocenters. The minimum atomic E-state index is -1.16. The average Bonchev–Trinajstić information content (AvgIpc) is 2.80. The van der Waals surface area contributed by atoms with Crippen LogP contribution in [0.3, 0.4) is 0 Å². The van der Waals surface area contributed by atoms with Crippen LogP contribution in [0.15, 0.2) is 91.3 Å². The van der Waals surface area contributed by atoms with Crippen molar-refractivity contribution >= 4 is 47.1 Å². The summed E-state index contributed by atoms with van der Waals surface area (Å²) in [7, 11) is 0. The van der Waals surface area contributed by atoms with Gasteiger partial charge in [-0.1, -0.05) is 48.5 Å². The van der Waals surface area contributed by atoms with Crippen molar-refractivity contribution in [3.05, 3.63) is 102 Å². The predicted molar refractivity (Wildman–Crippen MR) is 125 cm³/mol. The second kappa shape index (κ2) is 10.2. The molecule has 0 radical (unpaired) electrons. The van der Waals surface area contributed by atoms with Crippen LogP contribution in [0.25, 0.3) is 22.3 Å². The summed E-state index contributed by atoms with van der Waals surface area (Å²) < 4.78 is 0. The number of carboxylic acid groups (broad SMARTS) is 1. The molecule has 0 saturated carbocycles. The fourth-order valence-electron chi connectivity index (χ4n) is 3.33. The van der Waals surface area contributed by atoms with Crippen molar-refractivity contribution < 1.29 is 19.8 Å². The quantitative estimate of drug-likeness (QED) is 0.404. The molecule has 7 heteroatoms. The second-order valence-electron chi connectivity index (χ2n) is 6.82. The first kappa shape index (κ1) is 23.2. The monoisotopic (exact) mass is 434 g/mol. The van der Waals surface area contributed by atoms with E-state index in [1.807, 2.05) is 30.3 Å². The molecule has 32 heavy (non-hydrogen) atoms. The zero-order valence-corrected chi connectivity index (χ0v) is 16.3. The number of anilines is 1. The SMILES string of the molecule is O=C(O)c1ccc(-c2ccccc2)cc1NC(=O)c1cccc(-c2ccncc2)c1O.[NaH]. The molecule has 0 spiro atoms. The number of aromatic hydroxyl groups is 1. The number of phenolic OH excluding ortho intramolecular Hbond substituents is 1. The molecular formula is C25H19N2NaO4. The Morgan fingerprint density at radius 2 is 1.47 bits per heavy atom. The van der Waals surface area contributed by atoms with Crippen LogP contribution >= 0.6 is 0 Å². The first-order chi connectivity index (χ1) is 15.0. The van der Waals surface area contributed by atoms with E-state index in [1.54, 1.807) is 48.8 Å². The third-order valence-electron chi connectivity index (χ3n) is 4.88. The molecule has 3 N–H and O–H groups in total. The maximum atomic E-state index is 13.0. The standard InChI is InChI=1S/C25H18N2O4.Na.H/c28-23-19(17-11-13-26-14-12-17)7-4-8-21(23)24(29)27-22-15-18(9-10-20(22)25(30)31)16-5-2-1-3-6-16;;/h1-15,28H,(H,27,29)(H,30,31);;. The van der Waals surface area contributed by atoms with Crippen molar-refractivity contribution in [2.24, 2.45) is 0 Å². The number of phenols is 1. The molecule has 0 saturated heterocycles. The van der Waals surface area contributed by atoms with E-state index in [0.29, 0.717) is 11.1 Å². The van der Waals surface area contributed by atoms with Crippen LogP contribution in [0.1, 0.15) is 20.7 Å². The predicted octanol–water partition coefficient (Wildman–Crippen LogP) is 4.42. The molecule has 4 rings (SSSR count). The first-order valence-electron chi connectivity index (χ1n) is 9.51. The number of para-hydroxylation sites is 1. The number of carbonyl (C=O) groups excluding carboxylic acids is 1. The van der Waals surface area contributed by atoms with Crippen molar-refractivity contribution in [1.82, 2.24) is 4.98 Å². The summed E-state index contributed by atoms with van der Waals surface area (Å²) in [5.41, 5.74) is 2.97. The van der Waals surface area contributed by atoms with Crippen LogP contribution in [0.5, 0.6) is 5.75 Å². The molecule has 1 amide bonds. The van der Waals surface area contributed by atoms with Gasteiger partial charge in [0.2, 0.25) is 0 Å². The summed E-state index contributed by atoms with van der Waals surface area (Å²) in [4.78, 5) is 28.6. The Kier molecular flexibility index (Phi) is 7.43. The molecule has 4 aromatic rings. The molecule has 0 bridgehead atoms. The number of pyridine rings is 1. The molecule has 1 heterocycles. The second-order valence-corrected chi connectivity index (χ2v) is 6.82. The summed E-state index contributed by atoms with van der Waals surface area (Å²) in [6.07, 6.45) is 3.19. The number of carbonyl (C=O) groups is 2. The van der Waals surface area contributed by atoms with Crippen LogP contribution in [0.2, 0.25) is 0 Å². The molecule has 0 fully saturated rings. The number of nitrogens with zero attached hydrogens (tertiary/aromatic N) is 1. The summed E-state index contributed by atoms with van der Waals surface area (Å²) >= 11 is 0. The Morgan fingerprint density at radius 3 is 2.16 bits per heavy atom. The van der Waals surface area contributed by atoms with E-state index < -0.39 is 11.9 Å². The van der Waals surface area contributed by atoms with Crippen molar-refractivity contribution in [3.8, 4) is 28.0 Å². The Bertz CT molecular complexity index is 1260. The van der Waals surface area contributed by atoms with Gasteiger partial charge in [-0.15, -0.1) is 0 Å². The minimum absolute atomic E-state index is 0. The summed E-state index contributed by atoms with van der Waals surface area (Å²) in [5, 5.41) is 22.9. The fourth-order valence-corrected chi connectivity index (χ4v) is 3.33. The third-order valence-corrected chi connectivity index (χ3v) is 4.88. The van der Waals surface area contributed by atoms with Crippen molar-refractivity contribution in [3.63, 3.8) is 0 Å². The van der Waals surface area contributed by atoms with Gasteiger partial charge >= 0.3 is 35.5 Å². The molecule has 1 aromatic heterocycles. The Hall–Kier alpha value is -3.45. The Balaban J connectivity index is 0.00000289. The summed E-state index contributed by atoms with van der Waals surface area (Å²) in [6.45, 7) is 0. The number of rotatable bonds is 5. The zero-order chi connectivity index (χ0) is 21.8. The van der Waals surface area contributed by atoms with Gasteiger partial charge in [0.25, 0.3) is 5.91 Å². The number of nitrogens with one attached hydrogen (secondary N) is 1. The summed E-state index contributed by atoms with van der Waals surface area (Å²) in [6, 6.07) is 22.5. The van der Waals surface area contributed by atoms with Gasteiger partial charge in [-0.05, 0) is 47.0 Å². The van der Waals surface area contributed by atoms with Crippen LogP contribution in [-0.2, 0) is 0 Å². The Morgan fingerprint density at radius 1 is 0.750 bits per heavy atom. The molecule has 0 atom stereocenters. The maximum absolute atomic E-state index is 13.0. The number of hydrogen-bond donors (Lipinski definition) is 3. The van der Waals surface area contributed by atoms with E-state index >= 15 is 0 Å². The zero-order valence-electron chi connectivity index (χ0n) is 16.3. The van der Waals surface area contributed by atoms with Gasteiger partial charge in [0.1, 0.15) is 5.75 Å². The van der Waals surface area contributed by atoms with Gasteiger partial charge in [0.05, 0.1) is 16.8 Å². The molecule has 0 aliphatic rings. The summed E-state index contributed by atoms with van der Waals surface area (Å²) in [5.74, 6) is -1.96. The molecule has 6 nitrogen and oxygen atoms in total. The van der Waals surface area contributed by atoms with Gasteiger partial charge in [-0.25, -0.2) is 4.79 Å². The number of benzene rings is 3. The normalized spacial score (nSPS) is 10.1. The average molecular weight is 434 g/mol. The van der Waals surface area contributed by atoms with Crippen molar-refractivity contribution in [2.45, 2.75) is 0 Å². The van der Waals surface area contributed by atoms with Crippen molar-refractivity contribution in [2.75, 3.05) is 5.32 Å². The van der Waals surface area contributed by atoms with Crippen LogP contribution < -0.4 is 5.32 Å².